The Bertz CT molecular complexity index is 445. The highest BCUT2D eigenvalue weighted by Gasteiger charge is 2.12. The van der Waals surface area contributed by atoms with Crippen molar-refractivity contribution in [3.63, 3.8) is 0 Å². The zero-order valence-corrected chi connectivity index (χ0v) is 11.4. The molecule has 0 aromatic heterocycles. The predicted molar refractivity (Wildman–Crippen MR) is 73.7 cm³/mol. The van der Waals surface area contributed by atoms with Crippen molar-refractivity contribution >= 4 is 5.97 Å². The first-order valence-electron chi connectivity index (χ1n) is 6.88. The van der Waals surface area contributed by atoms with Crippen molar-refractivity contribution < 1.29 is 14.6 Å². The van der Waals surface area contributed by atoms with Gasteiger partial charge >= 0.3 is 5.97 Å². The molecule has 1 aliphatic rings. The van der Waals surface area contributed by atoms with Gasteiger partial charge in [0.2, 0.25) is 0 Å². The topological polar surface area (TPSA) is 49.8 Å². The highest BCUT2D eigenvalue weighted by atomic mass is 16.5. The Hall–Kier alpha value is -1.55. The van der Waals surface area contributed by atoms with E-state index in [9.17, 15) is 4.79 Å². The van der Waals surface area contributed by atoms with Crippen LogP contribution in [-0.2, 0) is 17.6 Å². The molecule has 0 atom stereocenters. The SMILES string of the molecule is CCN(CCC(=O)O)CCc1ccc2c(c1)CCO2. The highest BCUT2D eigenvalue weighted by molar-refractivity contribution is 5.66. The van der Waals surface area contributed by atoms with Gasteiger partial charge in [0, 0.05) is 19.5 Å². The fourth-order valence-corrected chi connectivity index (χ4v) is 2.36. The molecule has 0 unspecified atom stereocenters. The van der Waals surface area contributed by atoms with Crippen LogP contribution < -0.4 is 4.74 Å². The fraction of sp³-hybridized carbons (Fsp3) is 0.533. The lowest BCUT2D eigenvalue weighted by atomic mass is 10.1. The van der Waals surface area contributed by atoms with Crippen LogP contribution in [0.4, 0.5) is 0 Å². The van der Waals surface area contributed by atoms with Crippen LogP contribution in [0.5, 0.6) is 5.75 Å². The smallest absolute Gasteiger partial charge is 0.304 e. The molecular formula is C15H21NO3. The number of ether oxygens (including phenoxy) is 1. The maximum absolute atomic E-state index is 10.6. The van der Waals surface area contributed by atoms with Gasteiger partial charge in [-0.2, -0.15) is 0 Å². The van der Waals surface area contributed by atoms with E-state index >= 15 is 0 Å². The maximum Gasteiger partial charge on any atom is 0.304 e. The molecule has 0 bridgehead atoms. The second kappa shape index (κ2) is 6.57. The zero-order chi connectivity index (χ0) is 13.7. The summed E-state index contributed by atoms with van der Waals surface area (Å²) in [6, 6.07) is 6.37. The Morgan fingerprint density at radius 1 is 1.42 bits per heavy atom. The number of aliphatic carboxylic acids is 1. The van der Waals surface area contributed by atoms with Crippen molar-refractivity contribution in [2.75, 3.05) is 26.2 Å². The van der Waals surface area contributed by atoms with Gasteiger partial charge in [-0.05, 0) is 30.2 Å². The first-order valence-corrected chi connectivity index (χ1v) is 6.88. The van der Waals surface area contributed by atoms with Crippen LogP contribution in [0.1, 0.15) is 24.5 Å². The molecule has 1 aliphatic heterocycles. The summed E-state index contributed by atoms with van der Waals surface area (Å²) in [5.41, 5.74) is 2.60. The summed E-state index contributed by atoms with van der Waals surface area (Å²) in [7, 11) is 0. The third-order valence-corrected chi connectivity index (χ3v) is 3.56. The molecule has 0 spiro atoms. The lowest BCUT2D eigenvalue weighted by Crippen LogP contribution is -2.28. The minimum absolute atomic E-state index is 0.214. The number of carboxylic acids is 1. The molecule has 0 saturated heterocycles. The fourth-order valence-electron chi connectivity index (χ4n) is 2.36. The number of benzene rings is 1. The summed E-state index contributed by atoms with van der Waals surface area (Å²) in [6.45, 7) is 5.28. The number of carbonyl (C=O) groups is 1. The Kier molecular flexibility index (Phi) is 4.80. The molecule has 4 heteroatoms. The van der Waals surface area contributed by atoms with Gasteiger partial charge in [-0.25, -0.2) is 0 Å². The summed E-state index contributed by atoms with van der Waals surface area (Å²) >= 11 is 0. The van der Waals surface area contributed by atoms with E-state index in [0.717, 1.165) is 38.3 Å². The Morgan fingerprint density at radius 3 is 3.00 bits per heavy atom. The van der Waals surface area contributed by atoms with Crippen LogP contribution in [0.15, 0.2) is 18.2 Å². The average Bonchev–Trinajstić information content (AvgIpc) is 2.86. The molecule has 0 fully saturated rings. The molecule has 1 heterocycles. The second-order valence-corrected chi connectivity index (χ2v) is 4.87. The number of rotatable bonds is 7. The van der Waals surface area contributed by atoms with Gasteiger partial charge in [0.1, 0.15) is 5.75 Å². The van der Waals surface area contributed by atoms with Gasteiger partial charge in [-0.1, -0.05) is 19.1 Å². The van der Waals surface area contributed by atoms with E-state index < -0.39 is 5.97 Å². The zero-order valence-electron chi connectivity index (χ0n) is 11.4. The number of hydrogen-bond donors (Lipinski definition) is 1. The van der Waals surface area contributed by atoms with Crippen molar-refractivity contribution in [1.29, 1.82) is 0 Å². The third kappa shape index (κ3) is 3.96. The molecule has 4 nitrogen and oxygen atoms in total. The van der Waals surface area contributed by atoms with Crippen LogP contribution in [0.25, 0.3) is 0 Å². The Balaban J connectivity index is 1.85. The van der Waals surface area contributed by atoms with Gasteiger partial charge < -0.3 is 14.7 Å². The van der Waals surface area contributed by atoms with Crippen LogP contribution in [-0.4, -0.2) is 42.2 Å². The molecule has 1 aromatic rings. The standard InChI is InChI=1S/C15H21NO3/c1-2-16(9-6-15(17)18)8-5-12-3-4-14-13(11-12)7-10-19-14/h3-4,11H,2,5-10H2,1H3,(H,17,18). The van der Waals surface area contributed by atoms with Gasteiger partial charge in [-0.15, -0.1) is 0 Å². The molecule has 1 aromatic carbocycles. The molecule has 19 heavy (non-hydrogen) atoms. The van der Waals surface area contributed by atoms with Gasteiger partial charge in [0.05, 0.1) is 13.0 Å². The predicted octanol–water partition coefficient (Wildman–Crippen LogP) is 1.96. The number of hydrogen-bond acceptors (Lipinski definition) is 3. The minimum atomic E-state index is -0.729. The van der Waals surface area contributed by atoms with Gasteiger partial charge in [-0.3, -0.25) is 4.79 Å². The molecule has 2 rings (SSSR count). The Morgan fingerprint density at radius 2 is 2.26 bits per heavy atom. The van der Waals surface area contributed by atoms with Crippen molar-refractivity contribution in [3.8, 4) is 5.75 Å². The summed E-state index contributed by atoms with van der Waals surface area (Å²) in [6.07, 6.45) is 2.17. The van der Waals surface area contributed by atoms with Crippen molar-refractivity contribution in [2.45, 2.75) is 26.2 Å². The summed E-state index contributed by atoms with van der Waals surface area (Å²) in [4.78, 5) is 12.8. The average molecular weight is 263 g/mol. The van der Waals surface area contributed by atoms with E-state index in [-0.39, 0.29) is 6.42 Å². The molecule has 0 radical (unpaired) electrons. The number of carboxylic acid groups (broad SMARTS) is 1. The van der Waals surface area contributed by atoms with E-state index in [1.165, 1.54) is 11.1 Å². The summed E-state index contributed by atoms with van der Waals surface area (Å²) in [5, 5.41) is 8.71. The van der Waals surface area contributed by atoms with Crippen LogP contribution in [0, 0.1) is 0 Å². The number of nitrogens with zero attached hydrogens (tertiary/aromatic N) is 1. The molecular weight excluding hydrogens is 242 g/mol. The van der Waals surface area contributed by atoms with Crippen LogP contribution in [0.3, 0.4) is 0 Å². The van der Waals surface area contributed by atoms with Crippen molar-refractivity contribution in [1.82, 2.24) is 4.90 Å². The van der Waals surface area contributed by atoms with Crippen LogP contribution in [0.2, 0.25) is 0 Å². The monoisotopic (exact) mass is 263 g/mol. The molecule has 0 aliphatic carbocycles. The first kappa shape index (κ1) is 13.9. The van der Waals surface area contributed by atoms with Crippen molar-refractivity contribution in [3.05, 3.63) is 29.3 Å². The number of likely N-dealkylation sites (N-methyl/N-ethyl adjacent to an activating group) is 1. The Labute approximate surface area is 114 Å². The normalized spacial score (nSPS) is 13.4. The van der Waals surface area contributed by atoms with E-state index in [1.54, 1.807) is 0 Å². The quantitative estimate of drug-likeness (QED) is 0.817. The first-order chi connectivity index (χ1) is 9.19. The molecule has 0 amide bonds. The third-order valence-electron chi connectivity index (χ3n) is 3.56. The van der Waals surface area contributed by atoms with Crippen molar-refractivity contribution in [2.24, 2.45) is 0 Å². The van der Waals surface area contributed by atoms with Gasteiger partial charge in [0.15, 0.2) is 0 Å². The molecule has 0 saturated carbocycles. The lowest BCUT2D eigenvalue weighted by Gasteiger charge is -2.19. The second-order valence-electron chi connectivity index (χ2n) is 4.87. The van der Waals surface area contributed by atoms with E-state index in [0.29, 0.717) is 6.54 Å². The summed E-state index contributed by atoms with van der Waals surface area (Å²) in [5.74, 6) is 0.287. The van der Waals surface area contributed by atoms with E-state index in [4.69, 9.17) is 9.84 Å². The van der Waals surface area contributed by atoms with Gasteiger partial charge in [0.25, 0.3) is 0 Å². The lowest BCUT2D eigenvalue weighted by molar-refractivity contribution is -0.137. The number of fused-ring (bicyclic) bond motifs is 1. The molecule has 104 valence electrons. The van der Waals surface area contributed by atoms with E-state index in [2.05, 4.69) is 24.0 Å². The largest absolute Gasteiger partial charge is 0.493 e. The van der Waals surface area contributed by atoms with E-state index in [1.807, 2.05) is 6.07 Å². The summed E-state index contributed by atoms with van der Waals surface area (Å²) < 4.78 is 5.49. The van der Waals surface area contributed by atoms with Crippen LogP contribution >= 0.6 is 0 Å². The molecule has 1 N–H and O–H groups in total. The maximum atomic E-state index is 10.6. The highest BCUT2D eigenvalue weighted by Crippen LogP contribution is 2.26. The minimum Gasteiger partial charge on any atom is -0.493 e.